The van der Waals surface area contributed by atoms with Crippen molar-refractivity contribution in [1.29, 1.82) is 0 Å². The second kappa shape index (κ2) is 44.3. The fourth-order valence-corrected chi connectivity index (χ4v) is 5.13. The summed E-state index contributed by atoms with van der Waals surface area (Å²) >= 11 is 0. The van der Waals surface area contributed by atoms with E-state index in [0.29, 0.717) is 19.3 Å². The van der Waals surface area contributed by atoms with E-state index in [2.05, 4.69) is 57.2 Å². The summed E-state index contributed by atoms with van der Waals surface area (Å²) in [4.78, 5) is 37.6. The molecule has 0 fully saturated rings. The predicted molar refractivity (Wildman–Crippen MR) is 242 cm³/mol. The van der Waals surface area contributed by atoms with Gasteiger partial charge in [-0.25, -0.2) is 0 Å². The average molecular weight is 785 g/mol. The van der Waals surface area contributed by atoms with Crippen molar-refractivity contribution in [2.75, 3.05) is 13.2 Å². The molecule has 0 amide bonds. The number of hydrogen-bond acceptors (Lipinski definition) is 6. The second-order valence-corrected chi connectivity index (χ2v) is 13.7. The van der Waals surface area contributed by atoms with Crippen LogP contribution in [-0.2, 0) is 28.6 Å². The smallest absolute Gasteiger partial charge is 0.306 e. The predicted octanol–water partition coefficient (Wildman–Crippen LogP) is 14.0. The Morgan fingerprint density at radius 1 is 0.368 bits per heavy atom. The molecule has 0 aromatic heterocycles. The summed E-state index contributed by atoms with van der Waals surface area (Å²) in [5.41, 5.74) is 0. The Labute approximate surface area is 347 Å². The van der Waals surface area contributed by atoms with Crippen molar-refractivity contribution in [2.45, 2.75) is 155 Å². The fraction of sp³-hybridized carbons (Fsp3) is 0.510. The lowest BCUT2D eigenvalue weighted by Gasteiger charge is -2.18. The highest BCUT2D eigenvalue weighted by atomic mass is 16.6. The minimum atomic E-state index is -0.831. The van der Waals surface area contributed by atoms with Gasteiger partial charge in [0.2, 0.25) is 0 Å². The highest BCUT2D eigenvalue weighted by Crippen LogP contribution is 2.10. The summed E-state index contributed by atoms with van der Waals surface area (Å²) in [5, 5.41) is 0. The molecule has 0 aliphatic heterocycles. The van der Waals surface area contributed by atoms with Gasteiger partial charge < -0.3 is 14.2 Å². The Bertz CT molecular complexity index is 1320. The van der Waals surface area contributed by atoms with Crippen molar-refractivity contribution < 1.29 is 28.6 Å². The minimum Gasteiger partial charge on any atom is -0.462 e. The third kappa shape index (κ3) is 42.5. The number of carbonyl (C=O) groups is 3. The van der Waals surface area contributed by atoms with Gasteiger partial charge in [-0.05, 0) is 77.0 Å². The molecule has 0 radical (unpaired) electrons. The SMILES string of the molecule is CC\C=C/C=C\C=C/C=C\C=C/CCCCCC(=O)OCC(COC(=O)CCC/C=C\CCCCCC)OC(=O)CCCCC\C=C/C=C\C=C/C=C\C=C/CC. The molecular formula is C51H76O6. The molecule has 0 heterocycles. The molecule has 0 saturated carbocycles. The van der Waals surface area contributed by atoms with E-state index in [0.717, 1.165) is 64.2 Å². The molecule has 0 N–H and O–H groups in total. The average Bonchev–Trinajstić information content (AvgIpc) is 3.21. The van der Waals surface area contributed by atoms with Crippen molar-refractivity contribution in [2.24, 2.45) is 0 Å². The van der Waals surface area contributed by atoms with Crippen LogP contribution in [0, 0.1) is 0 Å². The lowest BCUT2D eigenvalue weighted by Crippen LogP contribution is -2.30. The first-order valence-corrected chi connectivity index (χ1v) is 21.8. The van der Waals surface area contributed by atoms with Crippen molar-refractivity contribution in [3.05, 3.63) is 134 Å². The van der Waals surface area contributed by atoms with Crippen LogP contribution in [-0.4, -0.2) is 37.2 Å². The molecule has 1 unspecified atom stereocenters. The normalized spacial score (nSPS) is 13.4. The third-order valence-corrected chi connectivity index (χ3v) is 8.38. The van der Waals surface area contributed by atoms with Crippen LogP contribution in [0.25, 0.3) is 0 Å². The van der Waals surface area contributed by atoms with Gasteiger partial charge in [0, 0.05) is 19.3 Å². The summed E-state index contributed by atoms with van der Waals surface area (Å²) < 4.78 is 16.6. The molecule has 0 aliphatic carbocycles. The van der Waals surface area contributed by atoms with Crippen LogP contribution in [0.15, 0.2) is 134 Å². The van der Waals surface area contributed by atoms with Gasteiger partial charge in [0.25, 0.3) is 0 Å². The Morgan fingerprint density at radius 2 is 0.719 bits per heavy atom. The number of unbranched alkanes of at least 4 members (excludes halogenated alkanes) is 11. The molecule has 0 saturated heterocycles. The molecule has 0 rings (SSSR count). The maximum atomic E-state index is 12.7. The minimum absolute atomic E-state index is 0.131. The van der Waals surface area contributed by atoms with Gasteiger partial charge in [0.15, 0.2) is 6.10 Å². The fourth-order valence-electron chi connectivity index (χ4n) is 5.13. The van der Waals surface area contributed by atoms with Crippen molar-refractivity contribution in [3.8, 4) is 0 Å². The quantitative estimate of drug-likeness (QED) is 0.0207. The maximum Gasteiger partial charge on any atom is 0.306 e. The Hall–Kier alpha value is -4.45. The van der Waals surface area contributed by atoms with Crippen LogP contribution in [0.5, 0.6) is 0 Å². The zero-order valence-corrected chi connectivity index (χ0v) is 35.8. The van der Waals surface area contributed by atoms with E-state index in [4.69, 9.17) is 14.2 Å². The van der Waals surface area contributed by atoms with Gasteiger partial charge in [-0.2, -0.15) is 0 Å². The van der Waals surface area contributed by atoms with Crippen LogP contribution in [0.2, 0.25) is 0 Å². The highest BCUT2D eigenvalue weighted by Gasteiger charge is 2.19. The second-order valence-electron chi connectivity index (χ2n) is 13.7. The van der Waals surface area contributed by atoms with E-state index in [1.165, 1.54) is 25.7 Å². The van der Waals surface area contributed by atoms with E-state index >= 15 is 0 Å². The molecule has 0 aromatic carbocycles. The Morgan fingerprint density at radius 3 is 1.16 bits per heavy atom. The van der Waals surface area contributed by atoms with Gasteiger partial charge in [-0.15, -0.1) is 0 Å². The van der Waals surface area contributed by atoms with Crippen LogP contribution in [0.4, 0.5) is 0 Å². The summed E-state index contributed by atoms with van der Waals surface area (Å²) in [6.07, 6.45) is 61.5. The molecule has 57 heavy (non-hydrogen) atoms. The van der Waals surface area contributed by atoms with Crippen molar-refractivity contribution in [1.82, 2.24) is 0 Å². The Balaban J connectivity index is 4.61. The number of rotatable bonds is 36. The Kier molecular flexibility index (Phi) is 40.8. The zero-order chi connectivity index (χ0) is 41.5. The zero-order valence-electron chi connectivity index (χ0n) is 35.8. The molecule has 0 aliphatic rings. The summed E-state index contributed by atoms with van der Waals surface area (Å²) in [6, 6.07) is 0. The number of ether oxygens (including phenoxy) is 3. The van der Waals surface area contributed by atoms with E-state index in [1.54, 1.807) is 0 Å². The molecular weight excluding hydrogens is 709 g/mol. The molecule has 0 aromatic rings. The first kappa shape index (κ1) is 52.6. The highest BCUT2D eigenvalue weighted by molar-refractivity contribution is 5.71. The molecule has 0 bridgehead atoms. The number of allylic oxidation sites excluding steroid dienone is 22. The van der Waals surface area contributed by atoms with Gasteiger partial charge in [0.1, 0.15) is 13.2 Å². The largest absolute Gasteiger partial charge is 0.462 e. The molecule has 316 valence electrons. The lowest BCUT2D eigenvalue weighted by atomic mass is 10.1. The lowest BCUT2D eigenvalue weighted by molar-refractivity contribution is -0.167. The van der Waals surface area contributed by atoms with Gasteiger partial charge in [0.05, 0.1) is 0 Å². The standard InChI is InChI=1S/C51H76O6/c1-4-7-10-13-16-19-21-23-25-27-29-32-35-38-41-44-50(53)56-47-48(46-55-49(52)43-40-37-34-31-18-15-12-9-6-3)57-51(54)45-42-39-36-33-30-28-26-24-22-20-17-14-11-8-5-2/h7-8,10-11,13-14,16-17,19-31,34,48H,4-6,9,12,15,18,32-33,35-47H2,1-3H3/b10-7-,11-8-,16-13-,17-14-,21-19-,22-20-,25-23-,26-24-,29-27-,30-28-,34-31-. The van der Waals surface area contributed by atoms with Crippen molar-refractivity contribution in [3.63, 3.8) is 0 Å². The molecule has 1 atom stereocenters. The van der Waals surface area contributed by atoms with Gasteiger partial charge in [-0.3, -0.25) is 14.4 Å². The number of carbonyl (C=O) groups excluding carboxylic acids is 3. The molecule has 6 heteroatoms. The first-order valence-electron chi connectivity index (χ1n) is 21.8. The first-order chi connectivity index (χ1) is 28.0. The monoisotopic (exact) mass is 785 g/mol. The summed E-state index contributed by atoms with van der Waals surface area (Å²) in [6.45, 7) is 6.17. The van der Waals surface area contributed by atoms with Crippen LogP contribution < -0.4 is 0 Å². The van der Waals surface area contributed by atoms with Crippen LogP contribution >= 0.6 is 0 Å². The number of hydrogen-bond donors (Lipinski definition) is 0. The van der Waals surface area contributed by atoms with E-state index < -0.39 is 6.10 Å². The summed E-state index contributed by atoms with van der Waals surface area (Å²) in [7, 11) is 0. The number of esters is 3. The topological polar surface area (TPSA) is 78.9 Å². The van der Waals surface area contributed by atoms with Gasteiger partial charge in [-0.1, -0.05) is 187 Å². The van der Waals surface area contributed by atoms with Crippen LogP contribution in [0.1, 0.15) is 149 Å². The van der Waals surface area contributed by atoms with Crippen LogP contribution in [0.3, 0.4) is 0 Å². The third-order valence-electron chi connectivity index (χ3n) is 8.38. The maximum absolute atomic E-state index is 12.7. The van der Waals surface area contributed by atoms with E-state index in [1.807, 2.05) is 97.2 Å². The van der Waals surface area contributed by atoms with E-state index in [-0.39, 0.29) is 50.4 Å². The molecule has 6 nitrogen and oxygen atoms in total. The summed E-state index contributed by atoms with van der Waals surface area (Å²) in [5.74, 6) is -1.07. The van der Waals surface area contributed by atoms with Crippen molar-refractivity contribution >= 4 is 17.9 Å². The van der Waals surface area contributed by atoms with Gasteiger partial charge >= 0.3 is 17.9 Å². The van der Waals surface area contributed by atoms with E-state index in [9.17, 15) is 14.4 Å². The molecule has 0 spiro atoms.